The normalized spacial score (nSPS) is 21.5. The van der Waals surface area contributed by atoms with Crippen LogP contribution in [0.4, 0.5) is 0 Å². The Hall–Kier alpha value is -2.72. The Bertz CT molecular complexity index is 1000. The summed E-state index contributed by atoms with van der Waals surface area (Å²) in [5.41, 5.74) is 9.77. The first kappa shape index (κ1) is 17.7. The Morgan fingerprint density at radius 3 is 2.63 bits per heavy atom. The van der Waals surface area contributed by atoms with Gasteiger partial charge in [-0.15, -0.1) is 0 Å². The Morgan fingerprint density at radius 1 is 1.22 bits per heavy atom. The molecule has 0 bridgehead atoms. The molecule has 1 amide bonds. The maximum absolute atomic E-state index is 12.9. The average molecular weight is 359 g/mol. The van der Waals surface area contributed by atoms with Gasteiger partial charge in [0, 0.05) is 11.8 Å². The van der Waals surface area contributed by atoms with Crippen molar-refractivity contribution in [2.75, 3.05) is 6.54 Å². The second kappa shape index (κ2) is 6.78. The fraction of sp³-hybridized carbons (Fsp3) is 0.304. The lowest BCUT2D eigenvalue weighted by Gasteiger charge is -2.21. The first-order valence-corrected chi connectivity index (χ1v) is 9.53. The van der Waals surface area contributed by atoms with E-state index < -0.39 is 5.41 Å². The number of nitrogens with two attached hydrogens (primary N) is 1. The lowest BCUT2D eigenvalue weighted by Crippen LogP contribution is -2.34. The molecule has 1 atom stereocenters. The highest BCUT2D eigenvalue weighted by Crippen LogP contribution is 2.48. The number of aryl methyl sites for hydroxylation is 1. The number of benzene rings is 2. The van der Waals surface area contributed by atoms with Crippen LogP contribution in [0.5, 0.6) is 0 Å². The maximum atomic E-state index is 12.9. The van der Waals surface area contributed by atoms with Crippen LogP contribution in [-0.2, 0) is 24.1 Å². The molecule has 0 radical (unpaired) electrons. The van der Waals surface area contributed by atoms with Crippen molar-refractivity contribution < 1.29 is 4.79 Å². The lowest BCUT2D eigenvalue weighted by atomic mass is 9.78. The van der Waals surface area contributed by atoms with Gasteiger partial charge >= 0.3 is 0 Å². The van der Waals surface area contributed by atoms with Crippen LogP contribution in [0, 0.1) is 5.41 Å². The van der Waals surface area contributed by atoms with Crippen molar-refractivity contribution in [3.8, 4) is 0 Å². The van der Waals surface area contributed by atoms with E-state index in [4.69, 9.17) is 5.73 Å². The molecule has 1 heterocycles. The molecule has 3 N–H and O–H groups in total. The van der Waals surface area contributed by atoms with Gasteiger partial charge in [0.25, 0.3) is 0 Å². The summed E-state index contributed by atoms with van der Waals surface area (Å²) < 4.78 is 0. The molecule has 1 aliphatic carbocycles. The molecule has 27 heavy (non-hydrogen) atoms. The second-order valence-electron chi connectivity index (χ2n) is 7.44. The number of aliphatic imine (C=N–C) groups is 1. The SMILES string of the molecule is C=CC1=C(/N=C\C)NC(=O)C12Cc1cc3ccc(CCCN)cc3cc1C2. The van der Waals surface area contributed by atoms with E-state index in [0.29, 0.717) is 25.2 Å². The van der Waals surface area contributed by atoms with Crippen LogP contribution in [0.1, 0.15) is 30.0 Å². The minimum absolute atomic E-state index is 0.0295. The number of allylic oxidation sites excluding steroid dienone is 1. The van der Waals surface area contributed by atoms with Crippen molar-refractivity contribution in [2.24, 2.45) is 16.1 Å². The van der Waals surface area contributed by atoms with Gasteiger partial charge < -0.3 is 11.1 Å². The van der Waals surface area contributed by atoms with Crippen molar-refractivity contribution in [2.45, 2.75) is 32.6 Å². The second-order valence-corrected chi connectivity index (χ2v) is 7.44. The third kappa shape index (κ3) is 2.81. The van der Waals surface area contributed by atoms with Crippen LogP contribution in [0.2, 0.25) is 0 Å². The highest BCUT2D eigenvalue weighted by Gasteiger charge is 2.51. The minimum Gasteiger partial charge on any atom is -0.330 e. The van der Waals surface area contributed by atoms with Crippen molar-refractivity contribution in [1.82, 2.24) is 5.32 Å². The summed E-state index contributed by atoms with van der Waals surface area (Å²) in [5, 5.41) is 5.41. The molecular formula is C23H25N3O. The van der Waals surface area contributed by atoms with Gasteiger partial charge in [0.2, 0.25) is 5.91 Å². The van der Waals surface area contributed by atoms with Gasteiger partial charge in [-0.25, -0.2) is 4.99 Å². The van der Waals surface area contributed by atoms with E-state index in [1.165, 1.54) is 27.5 Å². The average Bonchev–Trinajstić information content (AvgIpc) is 3.15. The summed E-state index contributed by atoms with van der Waals surface area (Å²) in [6.45, 7) is 6.51. The summed E-state index contributed by atoms with van der Waals surface area (Å²) in [5.74, 6) is 0.667. The van der Waals surface area contributed by atoms with Crippen molar-refractivity contribution in [3.63, 3.8) is 0 Å². The molecule has 4 rings (SSSR count). The van der Waals surface area contributed by atoms with Crippen LogP contribution < -0.4 is 11.1 Å². The molecule has 0 saturated heterocycles. The zero-order chi connectivity index (χ0) is 19.0. The molecule has 2 aromatic carbocycles. The molecule has 4 heteroatoms. The van der Waals surface area contributed by atoms with E-state index in [-0.39, 0.29) is 5.91 Å². The Morgan fingerprint density at radius 2 is 1.96 bits per heavy atom. The summed E-state index contributed by atoms with van der Waals surface area (Å²) in [6, 6.07) is 11.1. The number of fused-ring (bicyclic) bond motifs is 2. The monoisotopic (exact) mass is 359 g/mol. The molecule has 0 fully saturated rings. The number of rotatable bonds is 5. The number of carbonyl (C=O) groups is 1. The number of hydrogen-bond donors (Lipinski definition) is 2. The van der Waals surface area contributed by atoms with Crippen LogP contribution >= 0.6 is 0 Å². The number of carbonyl (C=O) groups excluding carboxylic acids is 1. The molecule has 2 aromatic rings. The summed E-state index contributed by atoms with van der Waals surface area (Å²) >= 11 is 0. The minimum atomic E-state index is -0.578. The van der Waals surface area contributed by atoms with Gasteiger partial charge in [0.1, 0.15) is 5.82 Å². The predicted molar refractivity (Wildman–Crippen MR) is 111 cm³/mol. The molecular weight excluding hydrogens is 334 g/mol. The number of hydrogen-bond acceptors (Lipinski definition) is 3. The fourth-order valence-corrected chi connectivity index (χ4v) is 4.46. The van der Waals surface area contributed by atoms with Crippen LogP contribution in [0.15, 0.2) is 59.4 Å². The van der Waals surface area contributed by atoms with Crippen LogP contribution in [0.3, 0.4) is 0 Å². The zero-order valence-corrected chi connectivity index (χ0v) is 15.7. The molecule has 138 valence electrons. The third-order valence-electron chi connectivity index (χ3n) is 5.78. The van der Waals surface area contributed by atoms with Gasteiger partial charge in [0.15, 0.2) is 0 Å². The van der Waals surface area contributed by atoms with E-state index >= 15 is 0 Å². The van der Waals surface area contributed by atoms with E-state index in [9.17, 15) is 4.79 Å². The molecule has 0 aromatic heterocycles. The van der Waals surface area contributed by atoms with Crippen molar-refractivity contribution in [3.05, 3.63) is 71.1 Å². The first-order chi connectivity index (χ1) is 13.1. The van der Waals surface area contributed by atoms with E-state index in [1.807, 2.05) is 6.92 Å². The summed E-state index contributed by atoms with van der Waals surface area (Å²) in [7, 11) is 0. The van der Waals surface area contributed by atoms with E-state index in [0.717, 1.165) is 18.4 Å². The largest absolute Gasteiger partial charge is 0.330 e. The quantitative estimate of drug-likeness (QED) is 0.803. The highest BCUT2D eigenvalue weighted by molar-refractivity contribution is 5.95. The Balaban J connectivity index is 1.75. The zero-order valence-electron chi connectivity index (χ0n) is 15.7. The molecule has 4 nitrogen and oxygen atoms in total. The molecule has 1 unspecified atom stereocenters. The third-order valence-corrected chi connectivity index (χ3v) is 5.78. The molecule has 0 saturated carbocycles. The number of nitrogens with zero attached hydrogens (tertiary/aromatic N) is 1. The van der Waals surface area contributed by atoms with Crippen LogP contribution in [-0.4, -0.2) is 18.7 Å². The predicted octanol–water partition coefficient (Wildman–Crippen LogP) is 3.43. The highest BCUT2D eigenvalue weighted by atomic mass is 16.2. The lowest BCUT2D eigenvalue weighted by molar-refractivity contribution is -0.126. The Kier molecular flexibility index (Phi) is 4.44. The maximum Gasteiger partial charge on any atom is 0.237 e. The topological polar surface area (TPSA) is 67.5 Å². The van der Waals surface area contributed by atoms with Gasteiger partial charge in [-0.05, 0) is 66.6 Å². The molecule has 2 aliphatic rings. The first-order valence-electron chi connectivity index (χ1n) is 9.53. The van der Waals surface area contributed by atoms with Crippen LogP contribution in [0.25, 0.3) is 10.8 Å². The smallest absolute Gasteiger partial charge is 0.237 e. The van der Waals surface area contributed by atoms with E-state index in [1.54, 1.807) is 12.3 Å². The standard InChI is InChI=1S/C23H25N3O/c1-3-20-21(25-4-2)26-22(27)23(20)13-18-11-16-8-7-15(6-5-9-24)10-17(16)12-19(18)14-23/h3-4,7-8,10-12H,1,5-6,9,13-14,24H2,2H3,(H,26,27)/b25-4-. The van der Waals surface area contributed by atoms with Gasteiger partial charge in [0.05, 0.1) is 5.41 Å². The number of nitrogens with one attached hydrogen (secondary N) is 1. The van der Waals surface area contributed by atoms with Gasteiger partial charge in [-0.1, -0.05) is 43.0 Å². The Labute approximate surface area is 159 Å². The van der Waals surface area contributed by atoms with E-state index in [2.05, 4.69) is 47.2 Å². The van der Waals surface area contributed by atoms with Gasteiger partial charge in [-0.3, -0.25) is 4.79 Å². The number of amides is 1. The van der Waals surface area contributed by atoms with Crippen molar-refractivity contribution in [1.29, 1.82) is 0 Å². The summed E-state index contributed by atoms with van der Waals surface area (Å²) in [4.78, 5) is 17.2. The fourth-order valence-electron chi connectivity index (χ4n) is 4.46. The molecule has 1 aliphatic heterocycles. The van der Waals surface area contributed by atoms with Crippen molar-refractivity contribution >= 4 is 22.9 Å². The molecule has 1 spiro atoms. The van der Waals surface area contributed by atoms with Gasteiger partial charge in [-0.2, -0.15) is 0 Å². The summed E-state index contributed by atoms with van der Waals surface area (Å²) in [6.07, 6.45) is 6.88.